The predicted molar refractivity (Wildman–Crippen MR) is 62.4 cm³/mol. The van der Waals surface area contributed by atoms with Crippen LogP contribution >= 0.6 is 0 Å². The lowest BCUT2D eigenvalue weighted by molar-refractivity contribution is -0.141. The summed E-state index contributed by atoms with van der Waals surface area (Å²) in [5.41, 5.74) is 0. The van der Waals surface area contributed by atoms with Crippen LogP contribution in [0.5, 0.6) is 0 Å². The molecule has 3 atom stereocenters. The van der Waals surface area contributed by atoms with Crippen LogP contribution in [-0.2, 0) is 4.79 Å². The molecular formula is C12H22N2O2. The van der Waals surface area contributed by atoms with E-state index in [4.69, 9.17) is 5.11 Å². The number of carboxylic acid groups (broad SMARTS) is 1. The van der Waals surface area contributed by atoms with Crippen molar-refractivity contribution in [3.63, 3.8) is 0 Å². The summed E-state index contributed by atoms with van der Waals surface area (Å²) in [6.07, 6.45) is 5.11. The van der Waals surface area contributed by atoms with Crippen LogP contribution in [0.2, 0.25) is 0 Å². The van der Waals surface area contributed by atoms with Gasteiger partial charge in [-0.25, -0.2) is 0 Å². The molecule has 0 radical (unpaired) electrons. The van der Waals surface area contributed by atoms with Crippen molar-refractivity contribution in [2.75, 3.05) is 19.6 Å². The van der Waals surface area contributed by atoms with Gasteiger partial charge in [-0.1, -0.05) is 13.3 Å². The topological polar surface area (TPSA) is 52.6 Å². The van der Waals surface area contributed by atoms with Gasteiger partial charge in [-0.2, -0.15) is 0 Å². The fraction of sp³-hybridized carbons (Fsp3) is 0.917. The lowest BCUT2D eigenvalue weighted by atomic mass is 9.98. The molecule has 0 spiro atoms. The Bertz CT molecular complexity index is 257. The molecule has 4 heteroatoms. The number of fused-ring (bicyclic) bond motifs is 1. The number of rotatable bonds is 4. The van der Waals surface area contributed by atoms with Crippen molar-refractivity contribution in [3.8, 4) is 0 Å². The second-order valence-electron chi connectivity index (χ2n) is 5.14. The highest BCUT2D eigenvalue weighted by Crippen LogP contribution is 2.27. The lowest BCUT2D eigenvalue weighted by Crippen LogP contribution is -2.46. The monoisotopic (exact) mass is 226 g/mol. The summed E-state index contributed by atoms with van der Waals surface area (Å²) in [6.45, 7) is 4.79. The molecule has 0 aliphatic carbocycles. The summed E-state index contributed by atoms with van der Waals surface area (Å²) in [5, 5.41) is 12.3. The Balaban J connectivity index is 1.79. The quantitative estimate of drug-likeness (QED) is 0.748. The van der Waals surface area contributed by atoms with E-state index >= 15 is 0 Å². The van der Waals surface area contributed by atoms with Crippen molar-refractivity contribution < 1.29 is 9.90 Å². The molecule has 2 rings (SSSR count). The SMILES string of the molecule is CC(CNC1CCN2CCCCC12)C(=O)O. The summed E-state index contributed by atoms with van der Waals surface area (Å²) in [6, 6.07) is 1.18. The number of hydrogen-bond acceptors (Lipinski definition) is 3. The third-order valence-electron chi connectivity index (χ3n) is 3.96. The molecule has 2 fully saturated rings. The zero-order chi connectivity index (χ0) is 11.5. The van der Waals surface area contributed by atoms with E-state index in [1.54, 1.807) is 6.92 Å². The average molecular weight is 226 g/mol. The first-order valence-corrected chi connectivity index (χ1v) is 6.38. The molecule has 4 nitrogen and oxygen atoms in total. The van der Waals surface area contributed by atoms with Crippen LogP contribution in [0.4, 0.5) is 0 Å². The van der Waals surface area contributed by atoms with Gasteiger partial charge in [-0.05, 0) is 25.8 Å². The van der Waals surface area contributed by atoms with Gasteiger partial charge in [-0.3, -0.25) is 9.69 Å². The fourth-order valence-corrected chi connectivity index (χ4v) is 2.90. The maximum atomic E-state index is 10.7. The van der Waals surface area contributed by atoms with Crippen LogP contribution in [0.3, 0.4) is 0 Å². The van der Waals surface area contributed by atoms with E-state index in [1.807, 2.05) is 0 Å². The first-order valence-electron chi connectivity index (χ1n) is 6.38. The zero-order valence-corrected chi connectivity index (χ0v) is 9.98. The molecule has 0 amide bonds. The molecule has 92 valence electrons. The van der Waals surface area contributed by atoms with Gasteiger partial charge in [0.1, 0.15) is 0 Å². The Kier molecular flexibility index (Phi) is 3.82. The van der Waals surface area contributed by atoms with Gasteiger partial charge in [0.05, 0.1) is 5.92 Å². The van der Waals surface area contributed by atoms with Crippen LogP contribution in [0, 0.1) is 5.92 Å². The molecule has 0 saturated carbocycles. The molecule has 0 bridgehead atoms. The second-order valence-corrected chi connectivity index (χ2v) is 5.14. The molecule has 0 aromatic rings. The maximum Gasteiger partial charge on any atom is 0.307 e. The minimum Gasteiger partial charge on any atom is -0.481 e. The molecular weight excluding hydrogens is 204 g/mol. The highest BCUT2D eigenvalue weighted by atomic mass is 16.4. The van der Waals surface area contributed by atoms with E-state index in [0.29, 0.717) is 18.6 Å². The van der Waals surface area contributed by atoms with Crippen LogP contribution in [-0.4, -0.2) is 47.7 Å². The molecule has 0 aromatic heterocycles. The number of aliphatic carboxylic acids is 1. The van der Waals surface area contributed by atoms with Crippen molar-refractivity contribution >= 4 is 5.97 Å². The number of carboxylic acids is 1. The predicted octanol–water partition coefficient (Wildman–Crippen LogP) is 0.923. The van der Waals surface area contributed by atoms with Gasteiger partial charge in [0, 0.05) is 25.2 Å². The molecule has 2 N–H and O–H groups in total. The highest BCUT2D eigenvalue weighted by molar-refractivity contribution is 5.69. The van der Waals surface area contributed by atoms with Crippen molar-refractivity contribution in [2.24, 2.45) is 5.92 Å². The number of hydrogen-bond donors (Lipinski definition) is 2. The zero-order valence-electron chi connectivity index (χ0n) is 9.98. The average Bonchev–Trinajstić information content (AvgIpc) is 2.69. The van der Waals surface area contributed by atoms with Gasteiger partial charge in [-0.15, -0.1) is 0 Å². The standard InChI is InChI=1S/C12H22N2O2/c1-9(12(15)16)8-13-10-5-7-14-6-3-2-4-11(10)14/h9-11,13H,2-8H2,1H3,(H,15,16). The van der Waals surface area contributed by atoms with E-state index in [2.05, 4.69) is 10.2 Å². The third kappa shape index (κ3) is 2.55. The van der Waals surface area contributed by atoms with Gasteiger partial charge >= 0.3 is 5.97 Å². The Morgan fingerprint density at radius 2 is 2.25 bits per heavy atom. The van der Waals surface area contributed by atoms with E-state index in [-0.39, 0.29) is 5.92 Å². The molecule has 2 aliphatic rings. The minimum absolute atomic E-state index is 0.280. The van der Waals surface area contributed by atoms with Crippen LogP contribution in [0.25, 0.3) is 0 Å². The minimum atomic E-state index is -0.703. The Morgan fingerprint density at radius 3 is 3.00 bits per heavy atom. The van der Waals surface area contributed by atoms with Crippen LogP contribution < -0.4 is 5.32 Å². The molecule has 3 unspecified atom stereocenters. The fourth-order valence-electron chi connectivity index (χ4n) is 2.90. The van der Waals surface area contributed by atoms with Crippen LogP contribution in [0.15, 0.2) is 0 Å². The Morgan fingerprint density at radius 1 is 1.44 bits per heavy atom. The molecule has 2 saturated heterocycles. The van der Waals surface area contributed by atoms with Gasteiger partial charge in [0.2, 0.25) is 0 Å². The smallest absolute Gasteiger partial charge is 0.307 e. The van der Waals surface area contributed by atoms with Crippen molar-refractivity contribution in [2.45, 2.75) is 44.7 Å². The van der Waals surface area contributed by atoms with Gasteiger partial charge < -0.3 is 10.4 Å². The van der Waals surface area contributed by atoms with Crippen molar-refractivity contribution in [1.82, 2.24) is 10.2 Å². The largest absolute Gasteiger partial charge is 0.481 e. The van der Waals surface area contributed by atoms with Gasteiger partial charge in [0.25, 0.3) is 0 Å². The first kappa shape index (κ1) is 11.9. The van der Waals surface area contributed by atoms with E-state index in [9.17, 15) is 4.79 Å². The van der Waals surface area contributed by atoms with Gasteiger partial charge in [0.15, 0.2) is 0 Å². The highest BCUT2D eigenvalue weighted by Gasteiger charge is 2.35. The maximum absolute atomic E-state index is 10.7. The number of carbonyl (C=O) groups is 1. The van der Waals surface area contributed by atoms with Crippen molar-refractivity contribution in [1.29, 1.82) is 0 Å². The number of nitrogens with one attached hydrogen (secondary N) is 1. The summed E-state index contributed by atoms with van der Waals surface area (Å²) in [4.78, 5) is 13.3. The van der Waals surface area contributed by atoms with E-state index in [1.165, 1.54) is 38.8 Å². The normalized spacial score (nSPS) is 32.3. The summed E-state index contributed by atoms with van der Waals surface area (Å²) in [7, 11) is 0. The Labute approximate surface area is 97.0 Å². The lowest BCUT2D eigenvalue weighted by Gasteiger charge is -2.32. The summed E-state index contributed by atoms with van der Waals surface area (Å²) < 4.78 is 0. The Hall–Kier alpha value is -0.610. The molecule has 2 aliphatic heterocycles. The molecule has 0 aromatic carbocycles. The number of piperidine rings is 1. The van der Waals surface area contributed by atoms with Crippen molar-refractivity contribution in [3.05, 3.63) is 0 Å². The summed E-state index contributed by atoms with van der Waals surface area (Å²) >= 11 is 0. The molecule has 2 heterocycles. The van der Waals surface area contributed by atoms with E-state index < -0.39 is 5.97 Å². The van der Waals surface area contributed by atoms with Crippen LogP contribution in [0.1, 0.15) is 32.6 Å². The summed E-state index contributed by atoms with van der Waals surface area (Å²) in [5.74, 6) is -0.983. The molecule has 16 heavy (non-hydrogen) atoms. The van der Waals surface area contributed by atoms with E-state index in [0.717, 1.165) is 0 Å². The second kappa shape index (κ2) is 5.15. The first-order chi connectivity index (χ1) is 7.68. The third-order valence-corrected chi connectivity index (χ3v) is 3.96. The number of nitrogens with zero attached hydrogens (tertiary/aromatic N) is 1.